The molecule has 0 saturated carbocycles. The number of halogens is 2. The molecule has 0 aromatic carbocycles. The van der Waals surface area contributed by atoms with Crippen molar-refractivity contribution in [2.75, 3.05) is 6.54 Å². The maximum Gasteiger partial charge on any atom is 0.253 e. The molecule has 2 heterocycles. The minimum absolute atomic E-state index is 0. The monoisotopic (exact) mass is 304 g/mol. The van der Waals surface area contributed by atoms with E-state index in [0.29, 0.717) is 12.1 Å². The predicted octanol–water partition coefficient (Wildman–Crippen LogP) is 1.64. The number of nitrogens with zero attached hydrogens (tertiary/aromatic N) is 2. The SMILES string of the molecule is CC(C)(CN)NC(=O)c1ccc2nccn2c1.Cl.Cl. The molecule has 2 rings (SSSR count). The summed E-state index contributed by atoms with van der Waals surface area (Å²) < 4.78 is 1.81. The zero-order chi connectivity index (χ0) is 12.5. The molecule has 7 heteroatoms. The van der Waals surface area contributed by atoms with Gasteiger partial charge in [0.2, 0.25) is 0 Å². The minimum atomic E-state index is -0.402. The molecule has 5 nitrogen and oxygen atoms in total. The Labute approximate surface area is 124 Å². The second-order valence-corrected chi connectivity index (χ2v) is 4.65. The van der Waals surface area contributed by atoms with Gasteiger partial charge < -0.3 is 15.5 Å². The Balaban J connectivity index is 0.00000162. The highest BCUT2D eigenvalue weighted by Crippen LogP contribution is 2.07. The molecule has 0 spiro atoms. The number of rotatable bonds is 3. The van der Waals surface area contributed by atoms with Gasteiger partial charge in [0, 0.05) is 30.7 Å². The van der Waals surface area contributed by atoms with Crippen LogP contribution in [0.4, 0.5) is 0 Å². The van der Waals surface area contributed by atoms with Crippen LogP contribution >= 0.6 is 24.8 Å². The maximum absolute atomic E-state index is 12.0. The minimum Gasteiger partial charge on any atom is -0.346 e. The first kappa shape index (κ1) is 17.7. The van der Waals surface area contributed by atoms with E-state index in [-0.39, 0.29) is 30.7 Å². The van der Waals surface area contributed by atoms with Crippen LogP contribution in [-0.2, 0) is 0 Å². The van der Waals surface area contributed by atoms with Crippen molar-refractivity contribution < 1.29 is 4.79 Å². The molecule has 0 fully saturated rings. The van der Waals surface area contributed by atoms with Crippen LogP contribution < -0.4 is 11.1 Å². The highest BCUT2D eigenvalue weighted by molar-refractivity contribution is 5.94. The fraction of sp³-hybridized carbons (Fsp3) is 0.333. The average molecular weight is 305 g/mol. The molecule has 0 radical (unpaired) electrons. The highest BCUT2D eigenvalue weighted by atomic mass is 35.5. The molecule has 19 heavy (non-hydrogen) atoms. The van der Waals surface area contributed by atoms with Crippen LogP contribution in [0.15, 0.2) is 30.7 Å². The van der Waals surface area contributed by atoms with Crippen LogP contribution in [0.25, 0.3) is 5.65 Å². The van der Waals surface area contributed by atoms with Gasteiger partial charge in [-0.1, -0.05) is 0 Å². The summed E-state index contributed by atoms with van der Waals surface area (Å²) in [5.41, 5.74) is 6.59. The van der Waals surface area contributed by atoms with Crippen molar-refractivity contribution in [3.8, 4) is 0 Å². The topological polar surface area (TPSA) is 72.4 Å². The average Bonchev–Trinajstić information content (AvgIpc) is 2.75. The Morgan fingerprint density at radius 3 is 2.74 bits per heavy atom. The zero-order valence-electron chi connectivity index (χ0n) is 10.8. The Morgan fingerprint density at radius 2 is 2.11 bits per heavy atom. The highest BCUT2D eigenvalue weighted by Gasteiger charge is 2.19. The van der Waals surface area contributed by atoms with Crippen molar-refractivity contribution in [3.05, 3.63) is 36.3 Å². The fourth-order valence-electron chi connectivity index (χ4n) is 1.48. The molecule has 0 aliphatic carbocycles. The molecule has 3 N–H and O–H groups in total. The lowest BCUT2D eigenvalue weighted by molar-refractivity contribution is 0.0915. The van der Waals surface area contributed by atoms with Gasteiger partial charge in [-0.05, 0) is 26.0 Å². The molecule has 0 saturated heterocycles. The normalized spacial score (nSPS) is 10.5. The lowest BCUT2D eigenvalue weighted by atomic mass is 10.1. The number of pyridine rings is 1. The number of hydrogen-bond donors (Lipinski definition) is 2. The summed E-state index contributed by atoms with van der Waals surface area (Å²) in [6, 6.07) is 3.56. The summed E-state index contributed by atoms with van der Waals surface area (Å²) >= 11 is 0. The number of hydrogen-bond acceptors (Lipinski definition) is 3. The third kappa shape index (κ3) is 4.09. The summed E-state index contributed by atoms with van der Waals surface area (Å²) in [5.74, 6) is -0.129. The van der Waals surface area contributed by atoms with Crippen molar-refractivity contribution >= 4 is 36.4 Å². The molecule has 106 valence electrons. The molecule has 0 bridgehead atoms. The number of imidazole rings is 1. The molecule has 0 atom stereocenters. The van der Waals surface area contributed by atoms with E-state index in [1.54, 1.807) is 24.7 Å². The summed E-state index contributed by atoms with van der Waals surface area (Å²) in [6.45, 7) is 4.17. The molecule has 1 amide bonds. The molecule has 2 aromatic rings. The molecular formula is C12H18Cl2N4O. The van der Waals surface area contributed by atoms with Gasteiger partial charge in [-0.15, -0.1) is 24.8 Å². The van der Waals surface area contributed by atoms with Gasteiger partial charge in [0.1, 0.15) is 5.65 Å². The summed E-state index contributed by atoms with van der Waals surface area (Å²) in [5, 5.41) is 2.88. The Kier molecular flexibility index (Phi) is 6.29. The van der Waals surface area contributed by atoms with Crippen LogP contribution in [0.2, 0.25) is 0 Å². The van der Waals surface area contributed by atoms with E-state index in [1.807, 2.05) is 24.3 Å². The third-order valence-corrected chi connectivity index (χ3v) is 2.61. The number of aromatic nitrogens is 2. The molecule has 0 unspecified atom stereocenters. The smallest absolute Gasteiger partial charge is 0.253 e. The first-order valence-electron chi connectivity index (χ1n) is 5.47. The number of fused-ring (bicyclic) bond motifs is 1. The van der Waals surface area contributed by atoms with Gasteiger partial charge >= 0.3 is 0 Å². The van der Waals surface area contributed by atoms with Gasteiger partial charge in [-0.2, -0.15) is 0 Å². The summed E-state index contributed by atoms with van der Waals surface area (Å²) in [7, 11) is 0. The lowest BCUT2D eigenvalue weighted by Crippen LogP contribution is -2.48. The van der Waals surface area contributed by atoms with Crippen molar-refractivity contribution in [1.82, 2.24) is 14.7 Å². The van der Waals surface area contributed by atoms with E-state index in [0.717, 1.165) is 5.65 Å². The van der Waals surface area contributed by atoms with E-state index in [1.165, 1.54) is 0 Å². The number of carbonyl (C=O) groups excluding carboxylic acids is 1. The number of carbonyl (C=O) groups is 1. The van der Waals surface area contributed by atoms with E-state index in [2.05, 4.69) is 10.3 Å². The predicted molar refractivity (Wildman–Crippen MR) is 80.3 cm³/mol. The Hall–Kier alpha value is -1.30. The van der Waals surface area contributed by atoms with Crippen LogP contribution in [0.3, 0.4) is 0 Å². The van der Waals surface area contributed by atoms with Gasteiger partial charge in [0.15, 0.2) is 0 Å². The zero-order valence-corrected chi connectivity index (χ0v) is 12.4. The fourth-order valence-corrected chi connectivity index (χ4v) is 1.48. The van der Waals surface area contributed by atoms with Gasteiger partial charge in [-0.3, -0.25) is 4.79 Å². The van der Waals surface area contributed by atoms with E-state index in [4.69, 9.17) is 5.73 Å². The largest absolute Gasteiger partial charge is 0.346 e. The second-order valence-electron chi connectivity index (χ2n) is 4.65. The van der Waals surface area contributed by atoms with Gasteiger partial charge in [0.05, 0.1) is 5.56 Å². The standard InChI is InChI=1S/C12H16N4O.2ClH/c1-12(2,8-13)15-11(17)9-3-4-10-14-5-6-16(10)7-9;;/h3-7H,8,13H2,1-2H3,(H,15,17);2*1H. The first-order chi connectivity index (χ1) is 8.02. The van der Waals surface area contributed by atoms with Crippen LogP contribution in [0.5, 0.6) is 0 Å². The number of nitrogens with one attached hydrogen (secondary N) is 1. The van der Waals surface area contributed by atoms with E-state index < -0.39 is 5.54 Å². The van der Waals surface area contributed by atoms with Crippen LogP contribution in [0.1, 0.15) is 24.2 Å². The Morgan fingerprint density at radius 1 is 1.42 bits per heavy atom. The molecule has 0 aliphatic rings. The van der Waals surface area contributed by atoms with Crippen molar-refractivity contribution in [1.29, 1.82) is 0 Å². The van der Waals surface area contributed by atoms with Crippen LogP contribution in [-0.4, -0.2) is 27.4 Å². The van der Waals surface area contributed by atoms with Crippen LogP contribution in [0, 0.1) is 0 Å². The number of amides is 1. The van der Waals surface area contributed by atoms with Gasteiger partial charge in [-0.25, -0.2) is 4.98 Å². The van der Waals surface area contributed by atoms with Gasteiger partial charge in [0.25, 0.3) is 5.91 Å². The van der Waals surface area contributed by atoms with E-state index in [9.17, 15) is 4.79 Å². The molecule has 0 aliphatic heterocycles. The second kappa shape index (κ2) is 6.75. The van der Waals surface area contributed by atoms with Crippen molar-refractivity contribution in [2.24, 2.45) is 5.73 Å². The van der Waals surface area contributed by atoms with E-state index >= 15 is 0 Å². The first-order valence-corrected chi connectivity index (χ1v) is 5.47. The van der Waals surface area contributed by atoms with Crippen molar-refractivity contribution in [3.63, 3.8) is 0 Å². The summed E-state index contributed by atoms with van der Waals surface area (Å²) in [6.07, 6.45) is 5.26. The molecular weight excluding hydrogens is 287 g/mol. The third-order valence-electron chi connectivity index (χ3n) is 2.61. The maximum atomic E-state index is 12.0. The molecule has 2 aromatic heterocycles. The lowest BCUT2D eigenvalue weighted by Gasteiger charge is -2.24. The quantitative estimate of drug-likeness (QED) is 0.905. The van der Waals surface area contributed by atoms with Crippen molar-refractivity contribution in [2.45, 2.75) is 19.4 Å². The summed E-state index contributed by atoms with van der Waals surface area (Å²) in [4.78, 5) is 16.1. The number of nitrogens with two attached hydrogens (primary N) is 1. The Bertz CT molecular complexity index is 553.